The van der Waals surface area contributed by atoms with Crippen molar-refractivity contribution in [2.24, 2.45) is 0 Å². The Morgan fingerprint density at radius 2 is 1.71 bits per heavy atom. The molecular weight excluding hydrogens is 355 g/mol. The van der Waals surface area contributed by atoms with E-state index in [0.717, 1.165) is 48.1 Å². The lowest BCUT2D eigenvalue weighted by molar-refractivity contribution is -0.128. The van der Waals surface area contributed by atoms with E-state index in [1.165, 1.54) is 17.7 Å². The number of nitrogens with zero attached hydrogens (tertiary/aromatic N) is 1. The highest BCUT2D eigenvalue weighted by Gasteiger charge is 2.39. The molecule has 1 amide bonds. The molecule has 0 spiro atoms. The van der Waals surface area contributed by atoms with Crippen LogP contribution in [0.3, 0.4) is 0 Å². The van der Waals surface area contributed by atoms with Gasteiger partial charge in [-0.15, -0.1) is 0 Å². The molecule has 4 rings (SSSR count). The van der Waals surface area contributed by atoms with E-state index >= 15 is 0 Å². The van der Waals surface area contributed by atoms with Crippen LogP contribution >= 0.6 is 0 Å². The summed E-state index contributed by atoms with van der Waals surface area (Å²) in [6.07, 6.45) is 3.91. The first-order chi connectivity index (χ1) is 13.7. The van der Waals surface area contributed by atoms with Gasteiger partial charge in [-0.2, -0.15) is 0 Å². The van der Waals surface area contributed by atoms with Crippen LogP contribution in [-0.2, 0) is 17.9 Å². The molecule has 0 fully saturated rings. The van der Waals surface area contributed by atoms with Gasteiger partial charge in [0.1, 0.15) is 17.7 Å². The molecule has 1 atom stereocenters. The number of hydrogen-bond acceptors (Lipinski definition) is 3. The van der Waals surface area contributed by atoms with Crippen LogP contribution in [-0.4, -0.2) is 24.1 Å². The van der Waals surface area contributed by atoms with Crippen molar-refractivity contribution in [3.63, 3.8) is 0 Å². The highest BCUT2D eigenvalue weighted by atomic mass is 19.1. The van der Waals surface area contributed by atoms with Gasteiger partial charge < -0.3 is 9.64 Å². The van der Waals surface area contributed by atoms with Gasteiger partial charge in [0, 0.05) is 18.7 Å². The predicted molar refractivity (Wildman–Crippen MR) is 106 cm³/mol. The van der Waals surface area contributed by atoms with Gasteiger partial charge in [0.05, 0.1) is 7.11 Å². The van der Waals surface area contributed by atoms with E-state index in [0.29, 0.717) is 13.1 Å². The Hall–Kier alpha value is -2.66. The van der Waals surface area contributed by atoms with Crippen LogP contribution in [0.4, 0.5) is 4.39 Å². The second-order valence-corrected chi connectivity index (χ2v) is 7.40. The fraction of sp³-hybridized carbons (Fsp3) is 0.348. The van der Waals surface area contributed by atoms with Gasteiger partial charge in [-0.1, -0.05) is 24.3 Å². The zero-order valence-electron chi connectivity index (χ0n) is 16.1. The Balaban J connectivity index is 1.53. The number of rotatable bonds is 6. The number of amides is 1. The first-order valence-electron chi connectivity index (χ1n) is 9.79. The van der Waals surface area contributed by atoms with Crippen LogP contribution in [0, 0.1) is 5.82 Å². The van der Waals surface area contributed by atoms with Crippen molar-refractivity contribution in [2.45, 2.75) is 44.9 Å². The molecule has 5 heteroatoms. The summed E-state index contributed by atoms with van der Waals surface area (Å²) in [6, 6.07) is 14.3. The summed E-state index contributed by atoms with van der Waals surface area (Å²) in [6.45, 7) is 1.14. The largest absolute Gasteiger partial charge is 0.497 e. The monoisotopic (exact) mass is 380 g/mol. The van der Waals surface area contributed by atoms with E-state index < -0.39 is 0 Å². The summed E-state index contributed by atoms with van der Waals surface area (Å²) in [5.74, 6) is 0.685. The standard InChI is InChI=1S/C23H25FN2O2/c1-28-19-12-8-16(9-13-19)14-25-22-20-4-2-3-5-21(20)23(27)26(22)15-17-6-10-18(24)11-7-17/h6-13,22,25H,2-5,14-15H2,1H3/t22-/m0/s1. The number of halogens is 1. The van der Waals surface area contributed by atoms with E-state index in [1.54, 1.807) is 19.2 Å². The van der Waals surface area contributed by atoms with E-state index in [1.807, 2.05) is 29.2 Å². The van der Waals surface area contributed by atoms with Gasteiger partial charge in [0.2, 0.25) is 0 Å². The molecule has 0 bridgehead atoms. The molecule has 1 aliphatic heterocycles. The van der Waals surface area contributed by atoms with Gasteiger partial charge in [0.15, 0.2) is 0 Å². The molecule has 2 aromatic carbocycles. The quantitative estimate of drug-likeness (QED) is 0.818. The number of methoxy groups -OCH3 is 1. The maximum atomic E-state index is 13.2. The minimum absolute atomic E-state index is 0.102. The normalized spacial score (nSPS) is 19.1. The molecule has 0 radical (unpaired) electrons. The smallest absolute Gasteiger partial charge is 0.251 e. The van der Waals surface area contributed by atoms with Crippen LogP contribution in [0.15, 0.2) is 59.7 Å². The SMILES string of the molecule is COc1ccc(CN[C@@H]2C3=C(CCCC3)C(=O)N2Cc2ccc(F)cc2)cc1. The van der Waals surface area contributed by atoms with E-state index in [9.17, 15) is 9.18 Å². The zero-order chi connectivity index (χ0) is 19.5. The zero-order valence-corrected chi connectivity index (χ0v) is 16.1. The molecule has 2 aromatic rings. The Morgan fingerprint density at radius 1 is 1.04 bits per heavy atom. The van der Waals surface area contributed by atoms with Crippen molar-refractivity contribution in [3.05, 3.63) is 76.6 Å². The molecule has 0 unspecified atom stereocenters. The highest BCUT2D eigenvalue weighted by Crippen LogP contribution is 2.36. The number of hydrogen-bond donors (Lipinski definition) is 1. The van der Waals surface area contributed by atoms with Gasteiger partial charge in [0.25, 0.3) is 5.91 Å². The highest BCUT2D eigenvalue weighted by molar-refractivity contribution is 5.97. The van der Waals surface area contributed by atoms with E-state index in [2.05, 4.69) is 5.32 Å². The van der Waals surface area contributed by atoms with E-state index in [4.69, 9.17) is 4.74 Å². The fourth-order valence-electron chi connectivity index (χ4n) is 4.09. The summed E-state index contributed by atoms with van der Waals surface area (Å²) in [4.78, 5) is 14.9. The fourth-order valence-corrected chi connectivity index (χ4v) is 4.09. The van der Waals surface area contributed by atoms with Crippen LogP contribution in [0.5, 0.6) is 5.75 Å². The van der Waals surface area contributed by atoms with Crippen LogP contribution in [0.2, 0.25) is 0 Å². The molecule has 4 nitrogen and oxygen atoms in total. The number of carbonyl (C=O) groups is 1. The number of nitrogens with one attached hydrogen (secondary N) is 1. The number of benzene rings is 2. The van der Waals surface area contributed by atoms with Crippen molar-refractivity contribution in [3.8, 4) is 5.75 Å². The third kappa shape index (κ3) is 3.80. The molecule has 146 valence electrons. The minimum Gasteiger partial charge on any atom is -0.497 e. The number of ether oxygens (including phenoxy) is 1. The van der Waals surface area contributed by atoms with Gasteiger partial charge in [-0.3, -0.25) is 10.1 Å². The van der Waals surface area contributed by atoms with Crippen LogP contribution in [0.1, 0.15) is 36.8 Å². The van der Waals surface area contributed by atoms with Crippen molar-refractivity contribution >= 4 is 5.91 Å². The Kier molecular flexibility index (Phi) is 5.44. The van der Waals surface area contributed by atoms with E-state index in [-0.39, 0.29) is 17.9 Å². The van der Waals surface area contributed by atoms with Crippen molar-refractivity contribution in [1.29, 1.82) is 0 Å². The Bertz CT molecular complexity index is 874. The minimum atomic E-state index is -0.261. The average Bonchev–Trinajstić information content (AvgIpc) is 3.00. The van der Waals surface area contributed by atoms with Crippen molar-refractivity contribution in [1.82, 2.24) is 10.2 Å². The molecule has 28 heavy (non-hydrogen) atoms. The van der Waals surface area contributed by atoms with Crippen LogP contribution < -0.4 is 10.1 Å². The molecule has 2 aliphatic rings. The summed E-state index contributed by atoms with van der Waals surface area (Å²) in [5, 5.41) is 3.58. The lowest BCUT2D eigenvalue weighted by atomic mass is 9.92. The molecule has 0 aromatic heterocycles. The molecule has 1 N–H and O–H groups in total. The Morgan fingerprint density at radius 3 is 2.43 bits per heavy atom. The predicted octanol–water partition coefficient (Wildman–Crippen LogP) is 4.16. The second-order valence-electron chi connectivity index (χ2n) is 7.40. The maximum Gasteiger partial charge on any atom is 0.251 e. The first-order valence-corrected chi connectivity index (χ1v) is 9.79. The summed E-state index contributed by atoms with van der Waals surface area (Å²) < 4.78 is 18.5. The van der Waals surface area contributed by atoms with Crippen molar-refractivity contribution in [2.75, 3.05) is 7.11 Å². The molecule has 0 saturated carbocycles. The third-order valence-corrected chi connectivity index (χ3v) is 5.60. The van der Waals surface area contributed by atoms with Gasteiger partial charge >= 0.3 is 0 Å². The third-order valence-electron chi connectivity index (χ3n) is 5.60. The first kappa shape index (κ1) is 18.7. The lowest BCUT2D eigenvalue weighted by Gasteiger charge is -2.28. The summed E-state index contributed by atoms with van der Waals surface area (Å²) in [7, 11) is 1.65. The summed E-state index contributed by atoms with van der Waals surface area (Å²) >= 11 is 0. The second kappa shape index (κ2) is 8.15. The van der Waals surface area contributed by atoms with Gasteiger partial charge in [-0.25, -0.2) is 4.39 Å². The number of carbonyl (C=O) groups excluding carboxylic acids is 1. The van der Waals surface area contributed by atoms with Crippen molar-refractivity contribution < 1.29 is 13.9 Å². The average molecular weight is 380 g/mol. The topological polar surface area (TPSA) is 41.6 Å². The lowest BCUT2D eigenvalue weighted by Crippen LogP contribution is -2.44. The summed E-state index contributed by atoms with van der Waals surface area (Å²) in [5.41, 5.74) is 4.28. The molecule has 1 aliphatic carbocycles. The molecule has 1 heterocycles. The van der Waals surface area contributed by atoms with Crippen LogP contribution in [0.25, 0.3) is 0 Å². The maximum absolute atomic E-state index is 13.2. The molecule has 0 saturated heterocycles. The van der Waals surface area contributed by atoms with Gasteiger partial charge in [-0.05, 0) is 66.6 Å². The Labute approximate surface area is 165 Å². The molecular formula is C23H25FN2O2.